The van der Waals surface area contributed by atoms with Crippen molar-refractivity contribution in [3.63, 3.8) is 0 Å². The van der Waals surface area contributed by atoms with E-state index in [0.29, 0.717) is 5.56 Å². The lowest BCUT2D eigenvalue weighted by Crippen LogP contribution is -1.98. The highest BCUT2D eigenvalue weighted by molar-refractivity contribution is 6.19. The summed E-state index contributed by atoms with van der Waals surface area (Å²) >= 11 is 0. The van der Waals surface area contributed by atoms with Gasteiger partial charge >= 0.3 is 0 Å². The number of aromatic nitrogens is 2. The fourth-order valence-corrected chi connectivity index (χ4v) is 7.79. The molecule has 1 aliphatic rings. The van der Waals surface area contributed by atoms with Gasteiger partial charge in [-0.2, -0.15) is 5.26 Å². The van der Waals surface area contributed by atoms with Crippen molar-refractivity contribution < 1.29 is 4.42 Å². The summed E-state index contributed by atoms with van der Waals surface area (Å²) in [5.41, 5.74) is 11.4. The van der Waals surface area contributed by atoms with Crippen molar-refractivity contribution in [3.05, 3.63) is 150 Å². The summed E-state index contributed by atoms with van der Waals surface area (Å²) in [6, 6.07) is 47.3. The Labute approximate surface area is 270 Å². The molecule has 0 aliphatic heterocycles. The van der Waals surface area contributed by atoms with Crippen LogP contribution in [-0.4, -0.2) is 9.13 Å². The molecule has 0 saturated heterocycles. The van der Waals surface area contributed by atoms with Gasteiger partial charge in [0, 0.05) is 43.9 Å². The van der Waals surface area contributed by atoms with Gasteiger partial charge in [0.1, 0.15) is 11.3 Å². The van der Waals surface area contributed by atoms with Crippen LogP contribution in [0.1, 0.15) is 23.3 Å². The first-order valence-electron chi connectivity index (χ1n) is 16.1. The number of hydrogen-bond donors (Lipinski definition) is 0. The summed E-state index contributed by atoms with van der Waals surface area (Å²) < 4.78 is 11.0. The van der Waals surface area contributed by atoms with E-state index in [9.17, 15) is 5.26 Å². The number of hydrogen-bond acceptors (Lipinski definition) is 2. The number of benzene rings is 6. The Kier molecular flexibility index (Phi) is 5.44. The Balaban J connectivity index is 1.14. The van der Waals surface area contributed by atoms with Crippen LogP contribution < -0.4 is 0 Å². The Morgan fingerprint density at radius 2 is 1.26 bits per heavy atom. The molecule has 4 heteroatoms. The number of nitrogens with zero attached hydrogens (tertiary/aromatic N) is 3. The predicted octanol–water partition coefficient (Wildman–Crippen LogP) is 11.1. The summed E-state index contributed by atoms with van der Waals surface area (Å²) in [5, 5.41) is 16.5. The number of fused-ring (bicyclic) bond motifs is 10. The van der Waals surface area contributed by atoms with Crippen LogP contribution in [0.15, 0.2) is 138 Å². The lowest BCUT2D eigenvalue weighted by molar-refractivity contribution is 0.595. The molecule has 0 spiro atoms. The van der Waals surface area contributed by atoms with Gasteiger partial charge in [0.25, 0.3) is 0 Å². The minimum Gasteiger partial charge on any atom is -0.456 e. The maximum Gasteiger partial charge on any atom is 0.137 e. The van der Waals surface area contributed by atoms with Crippen molar-refractivity contribution in [2.24, 2.45) is 0 Å². The molecule has 10 rings (SSSR count). The van der Waals surface area contributed by atoms with Gasteiger partial charge in [-0.25, -0.2) is 0 Å². The van der Waals surface area contributed by atoms with Gasteiger partial charge in [-0.05, 0) is 84.6 Å². The highest BCUT2D eigenvalue weighted by atomic mass is 16.3. The van der Waals surface area contributed by atoms with Crippen molar-refractivity contribution in [2.75, 3.05) is 0 Å². The first kappa shape index (κ1) is 26.0. The third kappa shape index (κ3) is 3.69. The largest absolute Gasteiger partial charge is 0.456 e. The molecule has 47 heavy (non-hydrogen) atoms. The number of para-hydroxylation sites is 3. The molecule has 6 aromatic carbocycles. The lowest BCUT2D eigenvalue weighted by Gasteiger charge is -2.13. The van der Waals surface area contributed by atoms with Gasteiger partial charge in [0.2, 0.25) is 0 Å². The molecule has 9 aromatic rings. The van der Waals surface area contributed by atoms with E-state index in [1.54, 1.807) is 0 Å². The molecule has 0 unspecified atom stereocenters. The van der Waals surface area contributed by atoms with Crippen molar-refractivity contribution in [2.45, 2.75) is 12.8 Å². The second-order valence-corrected chi connectivity index (χ2v) is 12.3. The van der Waals surface area contributed by atoms with E-state index in [0.717, 1.165) is 57.7 Å². The maximum atomic E-state index is 10.5. The van der Waals surface area contributed by atoms with Gasteiger partial charge in [0.15, 0.2) is 0 Å². The Morgan fingerprint density at radius 1 is 0.617 bits per heavy atom. The molecule has 0 atom stereocenters. The minimum absolute atomic E-state index is 0.641. The van der Waals surface area contributed by atoms with E-state index in [4.69, 9.17) is 4.42 Å². The predicted molar refractivity (Wildman–Crippen MR) is 192 cm³/mol. The van der Waals surface area contributed by atoms with Crippen LogP contribution in [-0.2, 0) is 6.42 Å². The van der Waals surface area contributed by atoms with Crippen molar-refractivity contribution in [1.82, 2.24) is 9.13 Å². The topological polar surface area (TPSA) is 46.8 Å². The van der Waals surface area contributed by atoms with Gasteiger partial charge in [-0.1, -0.05) is 78.9 Å². The molecule has 3 heterocycles. The number of aryl methyl sites for hydroxylation is 1. The maximum absolute atomic E-state index is 10.5. The zero-order valence-electron chi connectivity index (χ0n) is 25.4. The van der Waals surface area contributed by atoms with E-state index in [-0.39, 0.29) is 0 Å². The minimum atomic E-state index is 0.641. The molecule has 0 bridgehead atoms. The summed E-state index contributed by atoms with van der Waals surface area (Å²) in [6.07, 6.45) is 6.24. The van der Waals surface area contributed by atoms with E-state index < -0.39 is 0 Å². The average Bonchev–Trinajstić information content (AvgIpc) is 3.79. The molecular weight excluding hydrogens is 574 g/mol. The summed E-state index contributed by atoms with van der Waals surface area (Å²) in [4.78, 5) is 0. The molecule has 0 saturated carbocycles. The van der Waals surface area contributed by atoms with Crippen LogP contribution in [0.25, 0.3) is 83.2 Å². The second-order valence-electron chi connectivity index (χ2n) is 12.3. The van der Waals surface area contributed by atoms with Crippen LogP contribution in [0.5, 0.6) is 0 Å². The molecule has 3 aromatic heterocycles. The molecule has 0 radical (unpaired) electrons. The molecule has 220 valence electrons. The van der Waals surface area contributed by atoms with Crippen LogP contribution >= 0.6 is 0 Å². The zero-order chi connectivity index (χ0) is 31.1. The number of furan rings is 1. The van der Waals surface area contributed by atoms with E-state index in [2.05, 4.69) is 149 Å². The Bertz CT molecular complexity index is 2740. The SMILES string of the molecule is N#Cc1cc(-n2c3ccccc3c3ccc4oc5c(c4c32)CCC=C5)ccc1-c1ccc(-n2c3ccccc3c3ccccc32)cc1. The van der Waals surface area contributed by atoms with Crippen LogP contribution in [0.3, 0.4) is 0 Å². The molecule has 0 N–H and O–H groups in total. The number of allylic oxidation sites excluding steroid dienone is 1. The third-order valence-corrected chi connectivity index (χ3v) is 9.85. The molecule has 4 nitrogen and oxygen atoms in total. The Hall–Kier alpha value is -6.31. The smallest absolute Gasteiger partial charge is 0.137 e. The van der Waals surface area contributed by atoms with Gasteiger partial charge < -0.3 is 13.6 Å². The summed E-state index contributed by atoms with van der Waals surface area (Å²) in [7, 11) is 0. The van der Waals surface area contributed by atoms with Gasteiger partial charge in [-0.3, -0.25) is 0 Å². The normalized spacial score (nSPS) is 12.8. The van der Waals surface area contributed by atoms with E-state index in [1.807, 2.05) is 6.07 Å². The fourth-order valence-electron chi connectivity index (χ4n) is 7.79. The second kappa shape index (κ2) is 9.84. The number of nitriles is 1. The lowest BCUT2D eigenvalue weighted by atomic mass is 9.98. The van der Waals surface area contributed by atoms with Crippen molar-refractivity contribution >= 4 is 60.7 Å². The zero-order valence-corrected chi connectivity index (χ0v) is 25.4. The van der Waals surface area contributed by atoms with Crippen molar-refractivity contribution in [1.29, 1.82) is 5.26 Å². The first-order valence-corrected chi connectivity index (χ1v) is 16.1. The Morgan fingerprint density at radius 3 is 1.96 bits per heavy atom. The molecule has 1 aliphatic carbocycles. The highest BCUT2D eigenvalue weighted by Gasteiger charge is 2.22. The van der Waals surface area contributed by atoms with Crippen LogP contribution in [0.2, 0.25) is 0 Å². The fraction of sp³-hybridized carbons (Fsp3) is 0.0465. The van der Waals surface area contributed by atoms with E-state index >= 15 is 0 Å². The quantitative estimate of drug-likeness (QED) is 0.202. The standard InChI is InChI=1S/C43H27N3O/c44-26-28-25-30(46-39-15-7-3-11-34(39)35-23-24-41-42(43(35)46)36-12-4-8-16-40(36)47-41)21-22-31(28)27-17-19-29(20-18-27)45-37-13-5-1-9-32(37)33-10-2-6-14-38(33)45/h1-3,5-11,13-25H,4,12H2. The van der Waals surface area contributed by atoms with Crippen LogP contribution in [0.4, 0.5) is 0 Å². The van der Waals surface area contributed by atoms with Gasteiger partial charge in [0.05, 0.1) is 33.7 Å². The van der Waals surface area contributed by atoms with Gasteiger partial charge in [-0.15, -0.1) is 0 Å². The summed E-state index contributed by atoms with van der Waals surface area (Å²) in [5.74, 6) is 0.952. The highest BCUT2D eigenvalue weighted by Crippen LogP contribution is 2.42. The molecule has 0 amide bonds. The van der Waals surface area contributed by atoms with Crippen molar-refractivity contribution in [3.8, 4) is 28.6 Å². The van der Waals surface area contributed by atoms with E-state index in [1.165, 1.54) is 43.5 Å². The third-order valence-electron chi connectivity index (χ3n) is 9.85. The number of rotatable bonds is 3. The average molecular weight is 602 g/mol. The molecular formula is C43H27N3O. The monoisotopic (exact) mass is 601 g/mol. The summed E-state index contributed by atoms with van der Waals surface area (Å²) in [6.45, 7) is 0. The first-order chi connectivity index (χ1) is 23.3. The molecule has 0 fully saturated rings. The van der Waals surface area contributed by atoms with Crippen LogP contribution in [0, 0.1) is 11.3 Å².